The molecular formula is C32H50O7. The Labute approximate surface area is 234 Å². The summed E-state index contributed by atoms with van der Waals surface area (Å²) in [6, 6.07) is 0. The van der Waals surface area contributed by atoms with Crippen LogP contribution >= 0.6 is 0 Å². The van der Waals surface area contributed by atoms with Gasteiger partial charge in [-0.2, -0.15) is 0 Å². The highest BCUT2D eigenvalue weighted by molar-refractivity contribution is 5.89. The number of Topliss-reactive ketones (excluding diaryl/α,β-unsaturated/α-hetero) is 2. The number of carbonyl (C=O) groups excluding carboxylic acids is 3. The van der Waals surface area contributed by atoms with Crippen LogP contribution in [0.5, 0.6) is 0 Å². The fraction of sp³-hybridized carbons (Fsp3) is 0.812. The summed E-state index contributed by atoms with van der Waals surface area (Å²) in [4.78, 5) is 52.0. The van der Waals surface area contributed by atoms with Crippen LogP contribution in [0.3, 0.4) is 0 Å². The van der Waals surface area contributed by atoms with Gasteiger partial charge >= 0.3 is 11.9 Å². The Morgan fingerprint density at radius 2 is 1.72 bits per heavy atom. The minimum absolute atomic E-state index is 0.00549. The molecule has 0 unspecified atom stereocenters. The maximum absolute atomic E-state index is 13.6. The number of aliphatic hydroxyl groups is 1. The van der Waals surface area contributed by atoms with Crippen LogP contribution in [-0.2, 0) is 23.9 Å². The van der Waals surface area contributed by atoms with Gasteiger partial charge in [0.2, 0.25) is 0 Å². The smallest absolute Gasteiger partial charge is 0.312 e. The van der Waals surface area contributed by atoms with Gasteiger partial charge in [-0.3, -0.25) is 19.2 Å². The molecule has 3 aliphatic rings. The lowest BCUT2D eigenvalue weighted by Crippen LogP contribution is -2.61. The molecule has 2 N–H and O–H groups in total. The van der Waals surface area contributed by atoms with E-state index in [2.05, 4.69) is 27.4 Å². The summed E-state index contributed by atoms with van der Waals surface area (Å²) >= 11 is 0. The molecule has 9 atom stereocenters. The number of allylic oxidation sites excluding steroid dienone is 1. The summed E-state index contributed by atoms with van der Waals surface area (Å²) in [6.45, 7) is 17.4. The van der Waals surface area contributed by atoms with Crippen LogP contribution in [0.25, 0.3) is 0 Å². The molecule has 0 saturated heterocycles. The van der Waals surface area contributed by atoms with Gasteiger partial charge in [0, 0.05) is 25.7 Å². The molecule has 0 aliphatic heterocycles. The second-order valence-electron chi connectivity index (χ2n) is 13.8. The summed E-state index contributed by atoms with van der Waals surface area (Å²) in [5, 5.41) is 21.0. The molecule has 3 rings (SSSR count). The van der Waals surface area contributed by atoms with Crippen molar-refractivity contribution in [3.63, 3.8) is 0 Å². The van der Waals surface area contributed by atoms with Gasteiger partial charge in [0.15, 0.2) is 0 Å². The predicted octanol–water partition coefficient (Wildman–Crippen LogP) is 5.77. The maximum atomic E-state index is 13.6. The molecule has 220 valence electrons. The van der Waals surface area contributed by atoms with Crippen molar-refractivity contribution >= 4 is 23.5 Å². The molecule has 3 saturated carbocycles. The zero-order chi connectivity index (χ0) is 29.5. The first-order valence-electron chi connectivity index (χ1n) is 14.8. The number of rotatable bonds is 10. The van der Waals surface area contributed by atoms with Crippen molar-refractivity contribution in [2.45, 2.75) is 118 Å². The third-order valence-electron chi connectivity index (χ3n) is 11.4. The predicted molar refractivity (Wildman–Crippen MR) is 149 cm³/mol. The van der Waals surface area contributed by atoms with Crippen LogP contribution in [-0.4, -0.2) is 45.9 Å². The molecule has 0 aromatic heterocycles. The molecule has 7 nitrogen and oxygen atoms in total. The highest BCUT2D eigenvalue weighted by Crippen LogP contribution is 2.61. The van der Waals surface area contributed by atoms with Gasteiger partial charge in [0.1, 0.15) is 17.7 Å². The summed E-state index contributed by atoms with van der Waals surface area (Å²) in [5.74, 6) is -1.84. The number of fused-ring (bicyclic) bond motifs is 1. The van der Waals surface area contributed by atoms with Crippen molar-refractivity contribution in [2.75, 3.05) is 0 Å². The first-order chi connectivity index (χ1) is 18.0. The molecule has 0 spiro atoms. The number of aliphatic carboxylic acids is 1. The molecule has 0 bridgehead atoms. The molecule has 7 heteroatoms. The Morgan fingerprint density at radius 1 is 1.08 bits per heavy atom. The van der Waals surface area contributed by atoms with Crippen LogP contribution in [0.15, 0.2) is 12.2 Å². The van der Waals surface area contributed by atoms with Crippen LogP contribution in [0, 0.1) is 45.8 Å². The summed E-state index contributed by atoms with van der Waals surface area (Å²) < 4.78 is 5.95. The largest absolute Gasteiger partial charge is 0.481 e. The van der Waals surface area contributed by atoms with Crippen molar-refractivity contribution in [1.82, 2.24) is 0 Å². The Hall–Kier alpha value is -2.02. The van der Waals surface area contributed by atoms with Crippen molar-refractivity contribution < 1.29 is 34.1 Å². The fourth-order valence-corrected chi connectivity index (χ4v) is 8.50. The van der Waals surface area contributed by atoms with Gasteiger partial charge in [0.05, 0.1) is 16.9 Å². The zero-order valence-electron chi connectivity index (χ0n) is 25.0. The monoisotopic (exact) mass is 546 g/mol. The number of carboxylic acid groups (broad SMARTS) is 1. The van der Waals surface area contributed by atoms with Crippen LogP contribution < -0.4 is 0 Å². The number of carbonyl (C=O) groups is 4. The molecule has 3 aliphatic carbocycles. The van der Waals surface area contributed by atoms with Gasteiger partial charge < -0.3 is 14.9 Å². The standard InChI is InChI=1S/C32H50O7/c1-18(2)19(3)9-10-20(4)22-11-14-26(35)31(22,7)28(39-21(5)33)17-23-24(34)12-13-25-30(23,6)16-15-27(36)32(25,8)29(37)38/h18,20,22-23,25,27-28,36H,3,9-17H2,1-2,4-8H3,(H,37,38)/t20-,22+,23-,25-,27+,28+,30-,31+,32+/m1/s1. The normalized spacial score (nSPS) is 38.3. The van der Waals surface area contributed by atoms with Gasteiger partial charge in [-0.05, 0) is 87.9 Å². The quantitative estimate of drug-likeness (QED) is 0.264. The van der Waals surface area contributed by atoms with E-state index in [1.165, 1.54) is 12.5 Å². The molecule has 0 amide bonds. The number of hydrogen-bond acceptors (Lipinski definition) is 6. The van der Waals surface area contributed by atoms with Crippen molar-refractivity contribution in [3.05, 3.63) is 12.2 Å². The Balaban J connectivity index is 1.97. The van der Waals surface area contributed by atoms with E-state index in [0.29, 0.717) is 31.6 Å². The number of hydrogen-bond donors (Lipinski definition) is 2. The Kier molecular flexibility index (Phi) is 9.26. The van der Waals surface area contributed by atoms with E-state index in [1.54, 1.807) is 6.92 Å². The van der Waals surface area contributed by atoms with E-state index in [1.807, 2.05) is 13.8 Å². The minimum Gasteiger partial charge on any atom is -0.481 e. The molecule has 3 fully saturated rings. The average Bonchev–Trinajstić information content (AvgIpc) is 3.16. The van der Waals surface area contributed by atoms with E-state index in [0.717, 1.165) is 12.8 Å². The second-order valence-corrected chi connectivity index (χ2v) is 13.8. The number of carboxylic acids is 1. The number of aliphatic hydroxyl groups excluding tert-OH is 1. The second kappa shape index (κ2) is 11.5. The SMILES string of the molecule is C=C(CC[C@@H](C)[C@@H]1CCC(=O)[C@@]1(C)[C@H](C[C@@H]1C(=O)CC[C@@H]2[C@]1(C)CC[C@H](O)[C@@]2(C)C(=O)O)OC(C)=O)C(C)C. The number of esters is 1. The summed E-state index contributed by atoms with van der Waals surface area (Å²) in [7, 11) is 0. The number of ketones is 2. The summed E-state index contributed by atoms with van der Waals surface area (Å²) in [6.07, 6.45) is 2.71. The Morgan fingerprint density at radius 3 is 2.28 bits per heavy atom. The van der Waals surface area contributed by atoms with Crippen molar-refractivity contribution in [3.8, 4) is 0 Å². The van der Waals surface area contributed by atoms with Crippen molar-refractivity contribution in [2.24, 2.45) is 45.8 Å². The topological polar surface area (TPSA) is 118 Å². The van der Waals surface area contributed by atoms with E-state index in [9.17, 15) is 29.4 Å². The third kappa shape index (κ3) is 5.49. The molecule has 0 heterocycles. The van der Waals surface area contributed by atoms with Gasteiger partial charge in [0.25, 0.3) is 0 Å². The van der Waals surface area contributed by atoms with Gasteiger partial charge in [-0.15, -0.1) is 0 Å². The lowest BCUT2D eigenvalue weighted by molar-refractivity contribution is -0.192. The maximum Gasteiger partial charge on any atom is 0.312 e. The molecule has 39 heavy (non-hydrogen) atoms. The highest BCUT2D eigenvalue weighted by Gasteiger charge is 2.64. The van der Waals surface area contributed by atoms with Crippen LogP contribution in [0.1, 0.15) is 106 Å². The van der Waals surface area contributed by atoms with E-state index < -0.39 is 52.2 Å². The fourth-order valence-electron chi connectivity index (χ4n) is 8.50. The average molecular weight is 547 g/mol. The van der Waals surface area contributed by atoms with Crippen molar-refractivity contribution in [1.29, 1.82) is 0 Å². The lowest BCUT2D eigenvalue weighted by atomic mass is 9.46. The molecule has 0 radical (unpaired) electrons. The van der Waals surface area contributed by atoms with E-state index in [4.69, 9.17) is 4.74 Å². The molecule has 0 aromatic rings. The zero-order valence-corrected chi connectivity index (χ0v) is 25.0. The highest BCUT2D eigenvalue weighted by atomic mass is 16.5. The molecular weight excluding hydrogens is 496 g/mol. The summed E-state index contributed by atoms with van der Waals surface area (Å²) in [5.41, 5.74) is -1.81. The van der Waals surface area contributed by atoms with Gasteiger partial charge in [-0.1, -0.05) is 39.8 Å². The molecule has 0 aromatic carbocycles. The van der Waals surface area contributed by atoms with Gasteiger partial charge in [-0.25, -0.2) is 0 Å². The van der Waals surface area contributed by atoms with Crippen LogP contribution in [0.2, 0.25) is 0 Å². The van der Waals surface area contributed by atoms with E-state index in [-0.39, 0.29) is 42.7 Å². The Bertz CT molecular complexity index is 1000. The van der Waals surface area contributed by atoms with E-state index >= 15 is 0 Å². The minimum atomic E-state index is -1.37. The first kappa shape index (κ1) is 31.5. The lowest BCUT2D eigenvalue weighted by Gasteiger charge is -2.58. The first-order valence-corrected chi connectivity index (χ1v) is 14.8. The van der Waals surface area contributed by atoms with Crippen LogP contribution in [0.4, 0.5) is 0 Å². The number of ether oxygens (including phenoxy) is 1. The third-order valence-corrected chi connectivity index (χ3v) is 11.4.